The van der Waals surface area contributed by atoms with Crippen molar-refractivity contribution in [1.29, 1.82) is 0 Å². The first-order chi connectivity index (χ1) is 10.2. The second-order valence-corrected chi connectivity index (χ2v) is 6.10. The summed E-state index contributed by atoms with van der Waals surface area (Å²) in [5.74, 6) is 0.307. The molecular formula is C18H28N2O. The van der Waals surface area contributed by atoms with E-state index in [1.807, 2.05) is 13.0 Å². The van der Waals surface area contributed by atoms with Crippen LogP contribution < -0.4 is 5.32 Å². The van der Waals surface area contributed by atoms with Crippen LogP contribution in [0.15, 0.2) is 30.3 Å². The molecule has 2 rings (SSSR count). The van der Waals surface area contributed by atoms with E-state index in [1.165, 1.54) is 18.4 Å². The molecule has 116 valence electrons. The number of rotatable bonds is 7. The molecule has 1 fully saturated rings. The van der Waals surface area contributed by atoms with E-state index in [9.17, 15) is 4.79 Å². The van der Waals surface area contributed by atoms with Crippen molar-refractivity contribution < 1.29 is 4.79 Å². The maximum absolute atomic E-state index is 12.2. The van der Waals surface area contributed by atoms with E-state index < -0.39 is 0 Å². The van der Waals surface area contributed by atoms with E-state index >= 15 is 0 Å². The summed E-state index contributed by atoms with van der Waals surface area (Å²) >= 11 is 0. The quantitative estimate of drug-likeness (QED) is 0.834. The molecule has 1 aliphatic heterocycles. The minimum Gasteiger partial charge on any atom is -0.354 e. The summed E-state index contributed by atoms with van der Waals surface area (Å²) in [6, 6.07) is 10.9. The standard InChI is InChI=1S/C18H28N2O/c1-3-9-15(2)18(21)19-14-17(20-12-7-8-13-20)16-10-5-4-6-11-16/h4-6,10-11,15,17H,3,7-9,12-14H2,1-2H3,(H,19,21). The number of nitrogens with one attached hydrogen (secondary N) is 1. The SMILES string of the molecule is CCCC(C)C(=O)NCC(c1ccccc1)N1CCCC1. The van der Waals surface area contributed by atoms with Crippen LogP contribution in [0.5, 0.6) is 0 Å². The average Bonchev–Trinajstić information content (AvgIpc) is 3.03. The normalized spacial score (nSPS) is 18.4. The summed E-state index contributed by atoms with van der Waals surface area (Å²) < 4.78 is 0. The lowest BCUT2D eigenvalue weighted by Gasteiger charge is -2.28. The monoisotopic (exact) mass is 288 g/mol. The zero-order chi connectivity index (χ0) is 15.1. The molecule has 1 amide bonds. The number of benzene rings is 1. The van der Waals surface area contributed by atoms with Gasteiger partial charge in [0, 0.05) is 12.5 Å². The fraction of sp³-hybridized carbons (Fsp3) is 0.611. The van der Waals surface area contributed by atoms with Crippen LogP contribution in [0.4, 0.5) is 0 Å². The Morgan fingerprint density at radius 1 is 1.24 bits per heavy atom. The zero-order valence-electron chi connectivity index (χ0n) is 13.3. The maximum atomic E-state index is 12.2. The van der Waals surface area contributed by atoms with Crippen molar-refractivity contribution in [3.05, 3.63) is 35.9 Å². The van der Waals surface area contributed by atoms with Gasteiger partial charge in [0.25, 0.3) is 0 Å². The summed E-state index contributed by atoms with van der Waals surface area (Å²) in [7, 11) is 0. The van der Waals surface area contributed by atoms with E-state index in [4.69, 9.17) is 0 Å². The minimum atomic E-state index is 0.116. The molecule has 0 aromatic heterocycles. The molecule has 3 nitrogen and oxygen atoms in total. The first-order valence-electron chi connectivity index (χ1n) is 8.29. The summed E-state index contributed by atoms with van der Waals surface area (Å²) in [6.07, 6.45) is 4.56. The Hall–Kier alpha value is -1.35. The number of amides is 1. The average molecular weight is 288 g/mol. The van der Waals surface area contributed by atoms with E-state index in [0.29, 0.717) is 6.04 Å². The van der Waals surface area contributed by atoms with Crippen molar-refractivity contribution >= 4 is 5.91 Å². The molecule has 2 atom stereocenters. The van der Waals surface area contributed by atoms with Gasteiger partial charge < -0.3 is 5.32 Å². The fourth-order valence-electron chi connectivity index (χ4n) is 3.12. The molecule has 0 radical (unpaired) electrons. The highest BCUT2D eigenvalue weighted by atomic mass is 16.1. The van der Waals surface area contributed by atoms with Gasteiger partial charge in [0.05, 0.1) is 6.04 Å². The molecule has 3 heteroatoms. The highest BCUT2D eigenvalue weighted by Gasteiger charge is 2.24. The van der Waals surface area contributed by atoms with Crippen LogP contribution in [0.3, 0.4) is 0 Å². The van der Waals surface area contributed by atoms with Gasteiger partial charge >= 0.3 is 0 Å². The van der Waals surface area contributed by atoms with Crippen molar-refractivity contribution in [2.24, 2.45) is 5.92 Å². The van der Waals surface area contributed by atoms with Crippen LogP contribution in [0.1, 0.15) is 51.1 Å². The smallest absolute Gasteiger partial charge is 0.222 e. The highest BCUT2D eigenvalue weighted by molar-refractivity contribution is 5.78. The Balaban J connectivity index is 1.98. The maximum Gasteiger partial charge on any atom is 0.222 e. The first kappa shape index (κ1) is 16.0. The summed E-state index contributed by atoms with van der Waals surface area (Å²) in [5.41, 5.74) is 1.31. The summed E-state index contributed by atoms with van der Waals surface area (Å²) in [6.45, 7) is 7.14. The van der Waals surface area contributed by atoms with Crippen LogP contribution in [0.25, 0.3) is 0 Å². The Labute approximate surface area is 128 Å². The van der Waals surface area contributed by atoms with Crippen LogP contribution in [0.2, 0.25) is 0 Å². The van der Waals surface area contributed by atoms with Crippen LogP contribution in [-0.2, 0) is 4.79 Å². The Morgan fingerprint density at radius 3 is 2.52 bits per heavy atom. The van der Waals surface area contributed by atoms with Crippen LogP contribution >= 0.6 is 0 Å². The predicted molar refractivity (Wildman–Crippen MR) is 87.1 cm³/mol. The van der Waals surface area contributed by atoms with Crippen molar-refractivity contribution in [3.8, 4) is 0 Å². The van der Waals surface area contributed by atoms with Gasteiger partial charge in [0.1, 0.15) is 0 Å². The molecule has 0 aliphatic carbocycles. The number of carbonyl (C=O) groups is 1. The third-order valence-corrected chi connectivity index (χ3v) is 4.40. The molecule has 1 heterocycles. The van der Waals surface area contributed by atoms with Crippen molar-refractivity contribution in [2.45, 2.75) is 45.6 Å². The summed E-state index contributed by atoms with van der Waals surface area (Å²) in [5, 5.41) is 3.16. The number of nitrogens with zero attached hydrogens (tertiary/aromatic N) is 1. The molecule has 1 aliphatic rings. The minimum absolute atomic E-state index is 0.116. The highest BCUT2D eigenvalue weighted by Crippen LogP contribution is 2.24. The van der Waals surface area contributed by atoms with Crippen molar-refractivity contribution in [3.63, 3.8) is 0 Å². The van der Waals surface area contributed by atoms with Gasteiger partial charge in [-0.15, -0.1) is 0 Å². The first-order valence-corrected chi connectivity index (χ1v) is 8.29. The predicted octanol–water partition coefficient (Wildman–Crippen LogP) is 3.38. The number of hydrogen-bond acceptors (Lipinski definition) is 2. The van der Waals surface area contributed by atoms with E-state index in [-0.39, 0.29) is 11.8 Å². The van der Waals surface area contributed by atoms with Gasteiger partial charge in [-0.3, -0.25) is 9.69 Å². The Bertz CT molecular complexity index is 426. The number of hydrogen-bond donors (Lipinski definition) is 1. The van der Waals surface area contributed by atoms with Crippen molar-refractivity contribution in [1.82, 2.24) is 10.2 Å². The summed E-state index contributed by atoms with van der Waals surface area (Å²) in [4.78, 5) is 14.7. The lowest BCUT2D eigenvalue weighted by molar-refractivity contribution is -0.124. The molecule has 2 unspecified atom stereocenters. The lowest BCUT2D eigenvalue weighted by atomic mass is 10.0. The second-order valence-electron chi connectivity index (χ2n) is 6.10. The molecule has 1 N–H and O–H groups in total. The van der Waals surface area contributed by atoms with Gasteiger partial charge in [-0.2, -0.15) is 0 Å². The van der Waals surface area contributed by atoms with Gasteiger partial charge in [-0.05, 0) is 37.9 Å². The Morgan fingerprint density at radius 2 is 1.90 bits per heavy atom. The third-order valence-electron chi connectivity index (χ3n) is 4.40. The molecule has 1 aromatic carbocycles. The van der Waals surface area contributed by atoms with Crippen LogP contribution in [-0.4, -0.2) is 30.4 Å². The van der Waals surface area contributed by atoms with E-state index in [2.05, 4.69) is 41.4 Å². The number of carbonyl (C=O) groups excluding carboxylic acids is 1. The molecule has 0 saturated carbocycles. The molecule has 1 saturated heterocycles. The lowest BCUT2D eigenvalue weighted by Crippen LogP contribution is -2.38. The van der Waals surface area contributed by atoms with Crippen LogP contribution in [0, 0.1) is 5.92 Å². The van der Waals surface area contributed by atoms with Crippen molar-refractivity contribution in [2.75, 3.05) is 19.6 Å². The van der Waals surface area contributed by atoms with Gasteiger partial charge in [-0.1, -0.05) is 50.6 Å². The zero-order valence-corrected chi connectivity index (χ0v) is 13.3. The second kappa shape index (κ2) is 8.18. The molecule has 0 bridgehead atoms. The Kier molecular flexibility index (Phi) is 6.24. The van der Waals surface area contributed by atoms with Gasteiger partial charge in [0.2, 0.25) is 5.91 Å². The third kappa shape index (κ3) is 4.57. The van der Waals surface area contributed by atoms with Gasteiger partial charge in [0.15, 0.2) is 0 Å². The fourth-order valence-corrected chi connectivity index (χ4v) is 3.12. The molecule has 21 heavy (non-hydrogen) atoms. The molecule has 1 aromatic rings. The van der Waals surface area contributed by atoms with E-state index in [1.54, 1.807) is 0 Å². The van der Waals surface area contributed by atoms with E-state index in [0.717, 1.165) is 32.5 Å². The largest absolute Gasteiger partial charge is 0.354 e. The number of likely N-dealkylation sites (tertiary alicyclic amines) is 1. The molecular weight excluding hydrogens is 260 g/mol. The topological polar surface area (TPSA) is 32.3 Å². The molecule has 0 spiro atoms. The van der Waals surface area contributed by atoms with Gasteiger partial charge in [-0.25, -0.2) is 0 Å².